The van der Waals surface area contributed by atoms with E-state index >= 15 is 0 Å². The molecule has 2 aliphatic rings. The summed E-state index contributed by atoms with van der Waals surface area (Å²) in [4.78, 5) is 20.7. The van der Waals surface area contributed by atoms with E-state index < -0.39 is 5.41 Å². The first kappa shape index (κ1) is 14.0. The molecule has 1 fully saturated rings. The van der Waals surface area contributed by atoms with E-state index in [1.165, 1.54) is 12.8 Å². The molecule has 0 unspecified atom stereocenters. The van der Waals surface area contributed by atoms with Crippen LogP contribution in [0, 0.1) is 0 Å². The maximum absolute atomic E-state index is 12.0. The fraction of sp³-hybridized carbons (Fsp3) is 0.353. The highest BCUT2D eigenvalue weighted by atomic mass is 16.2. The van der Waals surface area contributed by atoms with Gasteiger partial charge in [0, 0.05) is 23.6 Å². The van der Waals surface area contributed by atoms with Gasteiger partial charge in [0.25, 0.3) is 0 Å². The summed E-state index contributed by atoms with van der Waals surface area (Å²) in [7, 11) is 0. The number of amides is 1. The highest BCUT2D eigenvalue weighted by molar-refractivity contribution is 6.06. The molecule has 0 spiro atoms. The SMILES string of the molecule is CC1(C)C(=O)Nc2cc(Nc3nccc(NC4CC4)n3)ccc21. The third-order valence-electron chi connectivity index (χ3n) is 4.35. The van der Waals surface area contributed by atoms with Crippen molar-refractivity contribution in [2.24, 2.45) is 0 Å². The smallest absolute Gasteiger partial charge is 0.234 e. The van der Waals surface area contributed by atoms with Crippen molar-refractivity contribution in [1.29, 1.82) is 0 Å². The highest BCUT2D eigenvalue weighted by Gasteiger charge is 2.38. The average molecular weight is 309 g/mol. The minimum Gasteiger partial charge on any atom is -0.367 e. The van der Waals surface area contributed by atoms with Crippen molar-refractivity contribution in [2.75, 3.05) is 16.0 Å². The lowest BCUT2D eigenvalue weighted by molar-refractivity contribution is -0.119. The number of benzene rings is 1. The first-order chi connectivity index (χ1) is 11.0. The van der Waals surface area contributed by atoms with Crippen LogP contribution in [0.5, 0.6) is 0 Å². The Hall–Kier alpha value is -2.63. The summed E-state index contributed by atoms with van der Waals surface area (Å²) in [5, 5.41) is 9.48. The van der Waals surface area contributed by atoms with Crippen LogP contribution >= 0.6 is 0 Å². The first-order valence-corrected chi connectivity index (χ1v) is 7.85. The molecule has 1 aromatic heterocycles. The summed E-state index contributed by atoms with van der Waals surface area (Å²) in [5.74, 6) is 1.40. The summed E-state index contributed by atoms with van der Waals surface area (Å²) < 4.78 is 0. The number of nitrogens with zero attached hydrogens (tertiary/aromatic N) is 2. The van der Waals surface area contributed by atoms with Crippen molar-refractivity contribution < 1.29 is 4.79 Å². The predicted molar refractivity (Wildman–Crippen MR) is 90.1 cm³/mol. The van der Waals surface area contributed by atoms with E-state index in [-0.39, 0.29) is 5.91 Å². The Kier molecular flexibility index (Phi) is 3.01. The molecule has 1 aromatic carbocycles. The van der Waals surface area contributed by atoms with Crippen LogP contribution < -0.4 is 16.0 Å². The molecule has 0 bridgehead atoms. The van der Waals surface area contributed by atoms with E-state index in [1.807, 2.05) is 38.1 Å². The second kappa shape index (κ2) is 4.94. The number of anilines is 4. The number of carbonyl (C=O) groups excluding carboxylic acids is 1. The molecule has 6 nitrogen and oxygen atoms in total. The van der Waals surface area contributed by atoms with Crippen molar-refractivity contribution in [3.05, 3.63) is 36.0 Å². The zero-order valence-corrected chi connectivity index (χ0v) is 13.2. The summed E-state index contributed by atoms with van der Waals surface area (Å²) in [5.41, 5.74) is 2.22. The van der Waals surface area contributed by atoms with Gasteiger partial charge in [-0.3, -0.25) is 4.79 Å². The molecule has 4 rings (SSSR count). The summed E-state index contributed by atoms with van der Waals surface area (Å²) in [6.45, 7) is 3.86. The number of carbonyl (C=O) groups is 1. The number of nitrogens with one attached hydrogen (secondary N) is 3. The molecule has 1 amide bonds. The molecule has 0 saturated heterocycles. The zero-order valence-electron chi connectivity index (χ0n) is 13.2. The fourth-order valence-corrected chi connectivity index (χ4v) is 2.74. The van der Waals surface area contributed by atoms with Crippen LogP contribution in [0.3, 0.4) is 0 Å². The maximum Gasteiger partial charge on any atom is 0.234 e. The second-order valence-electron chi connectivity index (χ2n) is 6.65. The molecule has 6 heteroatoms. The summed E-state index contributed by atoms with van der Waals surface area (Å²) in [6.07, 6.45) is 4.14. The van der Waals surface area contributed by atoms with Crippen LogP contribution in [-0.2, 0) is 10.2 Å². The van der Waals surface area contributed by atoms with Crippen LogP contribution in [0.2, 0.25) is 0 Å². The molecule has 23 heavy (non-hydrogen) atoms. The number of fused-ring (bicyclic) bond motifs is 1. The second-order valence-corrected chi connectivity index (χ2v) is 6.65. The van der Waals surface area contributed by atoms with Crippen LogP contribution in [0.15, 0.2) is 30.5 Å². The fourth-order valence-electron chi connectivity index (χ4n) is 2.74. The van der Waals surface area contributed by atoms with Gasteiger partial charge in [0.15, 0.2) is 0 Å². The van der Waals surface area contributed by atoms with Gasteiger partial charge in [-0.1, -0.05) is 6.07 Å². The number of rotatable bonds is 4. The Bertz CT molecular complexity index is 782. The summed E-state index contributed by atoms with van der Waals surface area (Å²) >= 11 is 0. The molecule has 118 valence electrons. The van der Waals surface area contributed by atoms with Gasteiger partial charge in [-0.2, -0.15) is 4.98 Å². The summed E-state index contributed by atoms with van der Waals surface area (Å²) in [6, 6.07) is 8.27. The van der Waals surface area contributed by atoms with Gasteiger partial charge >= 0.3 is 0 Å². The number of hydrogen-bond donors (Lipinski definition) is 3. The highest BCUT2D eigenvalue weighted by Crippen LogP contribution is 2.38. The van der Waals surface area contributed by atoms with E-state index in [0.717, 1.165) is 22.8 Å². The number of hydrogen-bond acceptors (Lipinski definition) is 5. The van der Waals surface area contributed by atoms with Crippen LogP contribution in [0.1, 0.15) is 32.3 Å². The Morgan fingerprint density at radius 3 is 2.87 bits per heavy atom. The molecular weight excluding hydrogens is 290 g/mol. The van der Waals surface area contributed by atoms with Gasteiger partial charge in [0.2, 0.25) is 11.9 Å². The molecule has 2 heterocycles. The lowest BCUT2D eigenvalue weighted by atomic mass is 9.86. The average Bonchev–Trinajstić information content (AvgIpc) is 3.27. The molecular formula is C17H19N5O. The van der Waals surface area contributed by atoms with Gasteiger partial charge in [0.05, 0.1) is 5.41 Å². The Balaban J connectivity index is 1.56. The van der Waals surface area contributed by atoms with Crippen molar-refractivity contribution in [3.63, 3.8) is 0 Å². The van der Waals surface area contributed by atoms with Crippen LogP contribution in [-0.4, -0.2) is 21.9 Å². The van der Waals surface area contributed by atoms with E-state index in [0.29, 0.717) is 12.0 Å². The normalized spacial score (nSPS) is 18.3. The van der Waals surface area contributed by atoms with Crippen molar-refractivity contribution in [1.82, 2.24) is 9.97 Å². The monoisotopic (exact) mass is 309 g/mol. The molecule has 1 aliphatic carbocycles. The third kappa shape index (κ3) is 2.60. The lowest BCUT2D eigenvalue weighted by Crippen LogP contribution is -2.26. The Morgan fingerprint density at radius 1 is 1.26 bits per heavy atom. The van der Waals surface area contributed by atoms with Crippen LogP contribution in [0.4, 0.5) is 23.1 Å². The van der Waals surface area contributed by atoms with Crippen molar-refractivity contribution >= 4 is 29.0 Å². The van der Waals surface area contributed by atoms with E-state index in [2.05, 4.69) is 25.9 Å². The minimum atomic E-state index is -0.488. The van der Waals surface area contributed by atoms with Crippen LogP contribution in [0.25, 0.3) is 0 Å². The van der Waals surface area contributed by atoms with E-state index in [4.69, 9.17) is 0 Å². The van der Waals surface area contributed by atoms with E-state index in [9.17, 15) is 4.79 Å². The molecule has 0 atom stereocenters. The quantitative estimate of drug-likeness (QED) is 0.809. The lowest BCUT2D eigenvalue weighted by Gasteiger charge is -2.15. The van der Waals surface area contributed by atoms with Gasteiger partial charge in [-0.25, -0.2) is 4.98 Å². The topological polar surface area (TPSA) is 78.9 Å². The Morgan fingerprint density at radius 2 is 2.09 bits per heavy atom. The van der Waals surface area contributed by atoms with Gasteiger partial charge in [0.1, 0.15) is 5.82 Å². The van der Waals surface area contributed by atoms with Gasteiger partial charge in [-0.15, -0.1) is 0 Å². The maximum atomic E-state index is 12.0. The van der Waals surface area contributed by atoms with E-state index in [1.54, 1.807) is 6.20 Å². The third-order valence-corrected chi connectivity index (χ3v) is 4.35. The largest absolute Gasteiger partial charge is 0.367 e. The zero-order chi connectivity index (χ0) is 16.0. The standard InChI is InChI=1S/C17H19N5O/c1-17(2)12-6-5-11(9-13(12)21-15(17)23)20-16-18-8-7-14(22-16)19-10-3-4-10/h5-10H,3-4H2,1-2H3,(H,21,23)(H2,18,19,20,22). The molecule has 1 aliphatic heterocycles. The molecule has 1 saturated carbocycles. The Labute approximate surface area is 134 Å². The van der Waals surface area contributed by atoms with Crippen molar-refractivity contribution in [3.8, 4) is 0 Å². The molecule has 3 N–H and O–H groups in total. The number of aromatic nitrogens is 2. The molecule has 2 aromatic rings. The minimum absolute atomic E-state index is 0.0246. The van der Waals surface area contributed by atoms with Gasteiger partial charge < -0.3 is 16.0 Å². The molecule has 0 radical (unpaired) electrons. The predicted octanol–water partition coefficient (Wildman–Crippen LogP) is 3.02. The van der Waals surface area contributed by atoms with Gasteiger partial charge in [-0.05, 0) is 50.5 Å². The first-order valence-electron chi connectivity index (χ1n) is 7.85. The van der Waals surface area contributed by atoms with Crippen molar-refractivity contribution in [2.45, 2.75) is 38.1 Å².